The number of anilines is 1. The van der Waals surface area contributed by atoms with Gasteiger partial charge in [-0.05, 0) is 28.6 Å². The van der Waals surface area contributed by atoms with E-state index in [1.807, 2.05) is 6.07 Å². The number of halogens is 2. The van der Waals surface area contributed by atoms with Crippen LogP contribution in [0.1, 0.15) is 32.4 Å². The minimum atomic E-state index is -0.103. The maximum atomic E-state index is 6.04. The Morgan fingerprint density at radius 2 is 1.96 bits per heavy atom. The molecule has 0 spiro atoms. The van der Waals surface area contributed by atoms with Crippen molar-refractivity contribution in [3.05, 3.63) is 52.1 Å². The van der Waals surface area contributed by atoms with E-state index in [0.717, 1.165) is 5.76 Å². The minimum Gasteiger partial charge on any atom is -0.359 e. The van der Waals surface area contributed by atoms with Gasteiger partial charge in [-0.25, -0.2) is 0 Å². The third-order valence-corrected chi connectivity index (χ3v) is 4.09. The highest BCUT2D eigenvalue weighted by Gasteiger charge is 2.19. The summed E-state index contributed by atoms with van der Waals surface area (Å²) >= 11 is 12.0. The summed E-state index contributed by atoms with van der Waals surface area (Å²) in [5.41, 5.74) is 0.602. The molecule has 3 aromatic rings. The molecule has 0 atom stereocenters. The molecule has 0 aliphatic heterocycles. The van der Waals surface area contributed by atoms with Crippen molar-refractivity contribution in [1.82, 2.24) is 25.4 Å². The summed E-state index contributed by atoms with van der Waals surface area (Å²) < 4.78 is 6.86. The average Bonchev–Trinajstić information content (AvgIpc) is 3.19. The van der Waals surface area contributed by atoms with Gasteiger partial charge in [0, 0.05) is 23.8 Å². The van der Waals surface area contributed by atoms with Crippen LogP contribution in [0.2, 0.25) is 10.0 Å². The van der Waals surface area contributed by atoms with Crippen molar-refractivity contribution in [1.29, 1.82) is 0 Å². The van der Waals surface area contributed by atoms with Crippen LogP contribution in [-0.2, 0) is 5.41 Å². The van der Waals surface area contributed by atoms with E-state index in [2.05, 4.69) is 46.8 Å². The molecule has 0 saturated carbocycles. The van der Waals surface area contributed by atoms with E-state index in [0.29, 0.717) is 27.4 Å². The van der Waals surface area contributed by atoms with Crippen molar-refractivity contribution in [3.63, 3.8) is 0 Å². The van der Waals surface area contributed by atoms with E-state index in [-0.39, 0.29) is 5.41 Å². The summed E-state index contributed by atoms with van der Waals surface area (Å²) in [6.45, 7) is 6.16. The van der Waals surface area contributed by atoms with Crippen LogP contribution in [0.3, 0.4) is 0 Å². The Bertz CT molecular complexity index is 909. The molecule has 9 heteroatoms. The highest BCUT2D eigenvalue weighted by Crippen LogP contribution is 2.25. The fourth-order valence-corrected chi connectivity index (χ4v) is 2.29. The monoisotopic (exact) mass is 378 g/mol. The molecule has 2 aromatic heterocycles. The molecule has 0 amide bonds. The molecule has 0 aliphatic rings. The topological polar surface area (TPSA) is 81.7 Å². The molecule has 1 N–H and O–H groups in total. The Morgan fingerprint density at radius 3 is 2.64 bits per heavy atom. The number of nitrogens with one attached hydrogen (secondary N) is 1. The number of nitrogens with zero attached hydrogens (tertiary/aromatic N) is 5. The van der Waals surface area contributed by atoms with Crippen LogP contribution in [0.25, 0.3) is 11.8 Å². The van der Waals surface area contributed by atoms with E-state index in [4.69, 9.17) is 27.7 Å². The first-order valence-corrected chi connectivity index (χ1v) is 8.24. The quantitative estimate of drug-likeness (QED) is 0.726. The smallest absolute Gasteiger partial charge is 0.181 e. The summed E-state index contributed by atoms with van der Waals surface area (Å²) in [4.78, 5) is 0. The van der Waals surface area contributed by atoms with Gasteiger partial charge < -0.3 is 9.84 Å². The lowest BCUT2D eigenvalue weighted by Gasteiger charge is -2.11. The number of hydrogen-bond donors (Lipinski definition) is 1. The minimum absolute atomic E-state index is 0.103. The zero-order valence-electron chi connectivity index (χ0n) is 13.9. The predicted octanol–water partition coefficient (Wildman–Crippen LogP) is 4.34. The maximum Gasteiger partial charge on any atom is 0.181 e. The molecule has 130 valence electrons. The number of rotatable bonds is 4. The molecule has 0 unspecified atom stereocenters. The third-order valence-electron chi connectivity index (χ3n) is 3.35. The van der Waals surface area contributed by atoms with Crippen molar-refractivity contribution in [3.8, 4) is 5.69 Å². The van der Waals surface area contributed by atoms with Gasteiger partial charge >= 0.3 is 0 Å². The van der Waals surface area contributed by atoms with Crippen LogP contribution in [0.5, 0.6) is 0 Å². The summed E-state index contributed by atoms with van der Waals surface area (Å²) in [5, 5.41) is 19.5. The lowest BCUT2D eigenvalue weighted by molar-refractivity contribution is 0.331. The third kappa shape index (κ3) is 4.00. The predicted molar refractivity (Wildman–Crippen MR) is 97.0 cm³/mol. The fraction of sp³-hybridized carbons (Fsp3) is 0.250. The van der Waals surface area contributed by atoms with E-state index >= 15 is 0 Å². The molecule has 7 nitrogen and oxygen atoms in total. The molecular weight excluding hydrogens is 363 g/mol. The molecular formula is C16H16Cl2N6O. The van der Waals surface area contributed by atoms with E-state index < -0.39 is 0 Å². The fourth-order valence-electron chi connectivity index (χ4n) is 2.00. The van der Waals surface area contributed by atoms with Gasteiger partial charge in [-0.3, -0.25) is 0 Å². The van der Waals surface area contributed by atoms with Gasteiger partial charge in [-0.2, -0.15) is 4.68 Å². The molecule has 2 heterocycles. The molecule has 0 radical (unpaired) electrons. The van der Waals surface area contributed by atoms with Gasteiger partial charge in [0.15, 0.2) is 11.6 Å². The Hall–Kier alpha value is -2.38. The number of hydrogen-bond acceptors (Lipinski definition) is 6. The Morgan fingerprint density at radius 1 is 1.16 bits per heavy atom. The zero-order chi connectivity index (χ0) is 18.0. The summed E-state index contributed by atoms with van der Waals surface area (Å²) in [7, 11) is 0. The lowest BCUT2D eigenvalue weighted by atomic mass is 9.93. The first-order chi connectivity index (χ1) is 11.8. The first-order valence-electron chi connectivity index (χ1n) is 7.49. The number of aromatic nitrogens is 5. The Kier molecular flexibility index (Phi) is 4.78. The second kappa shape index (κ2) is 6.85. The van der Waals surface area contributed by atoms with Crippen LogP contribution in [-0.4, -0.2) is 25.4 Å². The zero-order valence-corrected chi connectivity index (χ0v) is 15.4. The summed E-state index contributed by atoms with van der Waals surface area (Å²) in [6, 6.07) is 7.02. The van der Waals surface area contributed by atoms with Crippen LogP contribution in [0.4, 0.5) is 5.82 Å². The van der Waals surface area contributed by atoms with E-state index in [1.165, 1.54) is 0 Å². The van der Waals surface area contributed by atoms with Gasteiger partial charge in [0.25, 0.3) is 0 Å². The van der Waals surface area contributed by atoms with E-state index in [9.17, 15) is 0 Å². The van der Waals surface area contributed by atoms with Gasteiger partial charge in [0.1, 0.15) is 5.76 Å². The van der Waals surface area contributed by atoms with Gasteiger partial charge in [0.2, 0.25) is 0 Å². The number of tetrazole rings is 1. The normalized spacial score (nSPS) is 12.0. The molecule has 1 aromatic carbocycles. The van der Waals surface area contributed by atoms with Crippen LogP contribution >= 0.6 is 23.2 Å². The van der Waals surface area contributed by atoms with Crippen LogP contribution < -0.4 is 5.32 Å². The molecule has 25 heavy (non-hydrogen) atoms. The molecule has 0 saturated heterocycles. The summed E-state index contributed by atoms with van der Waals surface area (Å²) in [5.74, 6) is 1.92. The Labute approximate surface area is 154 Å². The largest absolute Gasteiger partial charge is 0.359 e. The second-order valence-electron chi connectivity index (χ2n) is 6.35. The Balaban J connectivity index is 1.76. The van der Waals surface area contributed by atoms with Crippen LogP contribution in [0, 0.1) is 0 Å². The van der Waals surface area contributed by atoms with Gasteiger partial charge in [-0.15, -0.1) is 5.10 Å². The maximum absolute atomic E-state index is 6.04. The van der Waals surface area contributed by atoms with Crippen molar-refractivity contribution in [2.75, 3.05) is 5.32 Å². The first kappa shape index (κ1) is 17.4. The van der Waals surface area contributed by atoms with Crippen molar-refractivity contribution < 1.29 is 4.52 Å². The van der Waals surface area contributed by atoms with Gasteiger partial charge in [0.05, 0.1) is 15.7 Å². The average molecular weight is 379 g/mol. The molecule has 0 bridgehead atoms. The van der Waals surface area contributed by atoms with Gasteiger partial charge in [-0.1, -0.05) is 49.1 Å². The van der Waals surface area contributed by atoms with Crippen LogP contribution in [0.15, 0.2) is 35.0 Å². The summed E-state index contributed by atoms with van der Waals surface area (Å²) in [6.07, 6.45) is 3.40. The molecule has 0 fully saturated rings. The van der Waals surface area contributed by atoms with E-state index in [1.54, 1.807) is 35.2 Å². The van der Waals surface area contributed by atoms with Crippen molar-refractivity contribution in [2.24, 2.45) is 0 Å². The van der Waals surface area contributed by atoms with Crippen molar-refractivity contribution >= 4 is 35.1 Å². The standard InChI is InChI=1S/C16H16Cl2N6O/c1-16(2,3)13-9-14(21-25-13)19-7-6-15-20-22-23-24(15)10-4-5-11(17)12(18)8-10/h4-9H,1-3H3,(H,19,21)/b7-6+. The SMILES string of the molecule is CC(C)(C)c1cc(N/C=C/c2nnnn2-c2ccc(Cl)c(Cl)c2)no1. The highest BCUT2D eigenvalue weighted by molar-refractivity contribution is 6.42. The number of benzene rings is 1. The molecule has 0 aliphatic carbocycles. The van der Waals surface area contributed by atoms with Crippen molar-refractivity contribution in [2.45, 2.75) is 26.2 Å². The highest BCUT2D eigenvalue weighted by atomic mass is 35.5. The lowest BCUT2D eigenvalue weighted by Crippen LogP contribution is -2.09. The second-order valence-corrected chi connectivity index (χ2v) is 7.17. The molecule has 3 rings (SSSR count).